The standard InChI is InChI=1S/C22H36O2/c1-13-11-19-17-6-5-15-12-16(24)7-9-21(15,3)18(17)8-10-22(19,4)20(13)14(2)23/h13,15-20,24H,5-12H2,1-4H3/t13-,15+,16-,17-,18+,19-,20+,21+,22+/m1/s1. The molecule has 0 radical (unpaired) electrons. The Hall–Kier alpha value is -0.370. The van der Waals surface area contributed by atoms with Gasteiger partial charge in [-0.15, -0.1) is 0 Å². The molecule has 4 aliphatic carbocycles. The van der Waals surface area contributed by atoms with Gasteiger partial charge in [-0.1, -0.05) is 20.8 Å². The van der Waals surface area contributed by atoms with Gasteiger partial charge in [0.25, 0.3) is 0 Å². The summed E-state index contributed by atoms with van der Waals surface area (Å²) < 4.78 is 0. The molecular weight excluding hydrogens is 296 g/mol. The molecule has 2 heteroatoms. The van der Waals surface area contributed by atoms with Gasteiger partial charge in [-0.2, -0.15) is 0 Å². The van der Waals surface area contributed by atoms with E-state index in [2.05, 4.69) is 20.8 Å². The van der Waals surface area contributed by atoms with E-state index in [1.807, 2.05) is 6.92 Å². The van der Waals surface area contributed by atoms with Crippen LogP contribution in [0.2, 0.25) is 0 Å². The Labute approximate surface area is 147 Å². The summed E-state index contributed by atoms with van der Waals surface area (Å²) in [5.74, 6) is 4.44. The van der Waals surface area contributed by atoms with Crippen LogP contribution >= 0.6 is 0 Å². The van der Waals surface area contributed by atoms with E-state index in [0.29, 0.717) is 23.0 Å². The van der Waals surface area contributed by atoms with Crippen molar-refractivity contribution in [1.82, 2.24) is 0 Å². The second-order valence-electron chi connectivity index (χ2n) is 10.4. The molecule has 0 aliphatic heterocycles. The lowest BCUT2D eigenvalue weighted by Gasteiger charge is -2.60. The summed E-state index contributed by atoms with van der Waals surface area (Å²) in [6.45, 7) is 9.16. The van der Waals surface area contributed by atoms with Crippen molar-refractivity contribution in [1.29, 1.82) is 0 Å². The number of aliphatic hydroxyl groups is 1. The van der Waals surface area contributed by atoms with Gasteiger partial charge in [-0.05, 0) is 98.7 Å². The number of fused-ring (bicyclic) bond motifs is 5. The van der Waals surface area contributed by atoms with Crippen LogP contribution in [0.15, 0.2) is 0 Å². The average molecular weight is 333 g/mol. The van der Waals surface area contributed by atoms with Crippen LogP contribution in [-0.2, 0) is 4.79 Å². The van der Waals surface area contributed by atoms with Crippen molar-refractivity contribution in [3.63, 3.8) is 0 Å². The molecule has 24 heavy (non-hydrogen) atoms. The van der Waals surface area contributed by atoms with E-state index in [1.165, 1.54) is 38.5 Å². The van der Waals surface area contributed by atoms with E-state index in [0.717, 1.165) is 36.5 Å². The van der Waals surface area contributed by atoms with Crippen molar-refractivity contribution >= 4 is 5.78 Å². The number of rotatable bonds is 1. The van der Waals surface area contributed by atoms with Crippen LogP contribution in [0.3, 0.4) is 0 Å². The van der Waals surface area contributed by atoms with Gasteiger partial charge in [0.15, 0.2) is 0 Å². The molecule has 2 nitrogen and oxygen atoms in total. The third-order valence-electron chi connectivity index (χ3n) is 9.42. The third kappa shape index (κ3) is 2.20. The van der Waals surface area contributed by atoms with Gasteiger partial charge < -0.3 is 5.11 Å². The number of hydrogen-bond donors (Lipinski definition) is 1. The van der Waals surface area contributed by atoms with Crippen LogP contribution < -0.4 is 0 Å². The highest BCUT2D eigenvalue weighted by atomic mass is 16.3. The van der Waals surface area contributed by atoms with Crippen molar-refractivity contribution in [2.45, 2.75) is 85.2 Å². The highest BCUT2D eigenvalue weighted by Crippen LogP contribution is 2.68. The van der Waals surface area contributed by atoms with Gasteiger partial charge in [-0.25, -0.2) is 0 Å². The van der Waals surface area contributed by atoms with E-state index in [4.69, 9.17) is 0 Å². The molecule has 0 heterocycles. The van der Waals surface area contributed by atoms with Gasteiger partial charge in [-0.3, -0.25) is 4.79 Å². The van der Waals surface area contributed by atoms with E-state index in [-0.39, 0.29) is 11.5 Å². The van der Waals surface area contributed by atoms with E-state index < -0.39 is 0 Å². The fourth-order valence-electron chi connectivity index (χ4n) is 8.46. The second kappa shape index (κ2) is 5.56. The molecule has 4 rings (SSSR count). The lowest BCUT2D eigenvalue weighted by atomic mass is 9.44. The summed E-state index contributed by atoms with van der Waals surface area (Å²) in [7, 11) is 0. The lowest BCUT2D eigenvalue weighted by molar-refractivity contribution is -0.139. The Kier molecular flexibility index (Phi) is 3.95. The van der Waals surface area contributed by atoms with Crippen LogP contribution in [0, 0.1) is 46.3 Å². The number of carbonyl (C=O) groups is 1. The zero-order chi connectivity index (χ0) is 17.3. The molecule has 4 aliphatic rings. The molecule has 0 unspecified atom stereocenters. The number of hydrogen-bond acceptors (Lipinski definition) is 2. The molecule has 9 atom stereocenters. The monoisotopic (exact) mass is 332 g/mol. The highest BCUT2D eigenvalue weighted by molar-refractivity contribution is 5.80. The molecule has 0 aromatic heterocycles. The van der Waals surface area contributed by atoms with Crippen LogP contribution in [0.25, 0.3) is 0 Å². The predicted molar refractivity (Wildman–Crippen MR) is 96.5 cm³/mol. The van der Waals surface area contributed by atoms with E-state index in [9.17, 15) is 9.90 Å². The summed E-state index contributed by atoms with van der Waals surface area (Å²) in [4.78, 5) is 12.4. The Morgan fingerprint density at radius 3 is 2.38 bits per heavy atom. The Bertz CT molecular complexity index is 528. The van der Waals surface area contributed by atoms with Crippen molar-refractivity contribution < 1.29 is 9.90 Å². The molecule has 0 bridgehead atoms. The van der Waals surface area contributed by atoms with Gasteiger partial charge >= 0.3 is 0 Å². The second-order valence-corrected chi connectivity index (χ2v) is 10.4. The Morgan fingerprint density at radius 2 is 1.67 bits per heavy atom. The fraction of sp³-hybridized carbons (Fsp3) is 0.955. The molecule has 4 saturated carbocycles. The number of carbonyl (C=O) groups excluding carboxylic acids is 1. The molecule has 4 fully saturated rings. The Morgan fingerprint density at radius 1 is 0.958 bits per heavy atom. The smallest absolute Gasteiger partial charge is 0.133 e. The molecule has 0 saturated heterocycles. The zero-order valence-corrected chi connectivity index (χ0v) is 16.1. The lowest BCUT2D eigenvalue weighted by Crippen LogP contribution is -2.54. The minimum atomic E-state index is -0.0536. The van der Waals surface area contributed by atoms with Crippen LogP contribution in [-0.4, -0.2) is 17.0 Å². The quantitative estimate of drug-likeness (QED) is 0.746. The largest absolute Gasteiger partial charge is 0.393 e. The Balaban J connectivity index is 1.64. The van der Waals surface area contributed by atoms with Crippen molar-refractivity contribution in [3.05, 3.63) is 0 Å². The van der Waals surface area contributed by atoms with Gasteiger partial charge in [0.2, 0.25) is 0 Å². The van der Waals surface area contributed by atoms with Crippen molar-refractivity contribution in [2.24, 2.45) is 46.3 Å². The van der Waals surface area contributed by atoms with Gasteiger partial charge in [0.1, 0.15) is 5.78 Å². The average Bonchev–Trinajstić information content (AvgIpc) is 2.78. The first-order valence-corrected chi connectivity index (χ1v) is 10.5. The van der Waals surface area contributed by atoms with Crippen molar-refractivity contribution in [3.8, 4) is 0 Å². The fourth-order valence-corrected chi connectivity index (χ4v) is 8.46. The molecular formula is C22H36O2. The maximum Gasteiger partial charge on any atom is 0.133 e. The summed E-state index contributed by atoms with van der Waals surface area (Å²) in [6.07, 6.45) is 9.69. The summed E-state index contributed by atoms with van der Waals surface area (Å²) in [5.41, 5.74) is 0.699. The topological polar surface area (TPSA) is 37.3 Å². The molecule has 0 amide bonds. The van der Waals surface area contributed by atoms with Crippen LogP contribution in [0.4, 0.5) is 0 Å². The molecule has 1 N–H and O–H groups in total. The maximum absolute atomic E-state index is 12.4. The third-order valence-corrected chi connectivity index (χ3v) is 9.42. The summed E-state index contributed by atoms with van der Waals surface area (Å²) in [6, 6.07) is 0. The van der Waals surface area contributed by atoms with Crippen molar-refractivity contribution in [2.75, 3.05) is 0 Å². The molecule has 0 spiro atoms. The first kappa shape index (κ1) is 17.1. The zero-order valence-electron chi connectivity index (χ0n) is 16.1. The maximum atomic E-state index is 12.4. The van der Waals surface area contributed by atoms with E-state index in [1.54, 1.807) is 0 Å². The minimum absolute atomic E-state index is 0.0536. The van der Waals surface area contributed by atoms with Gasteiger partial charge in [0, 0.05) is 5.92 Å². The first-order chi connectivity index (χ1) is 11.3. The minimum Gasteiger partial charge on any atom is -0.393 e. The summed E-state index contributed by atoms with van der Waals surface area (Å²) >= 11 is 0. The molecule has 0 aromatic carbocycles. The predicted octanol–water partition coefficient (Wildman–Crippen LogP) is 4.84. The normalized spacial score (nSPS) is 57.0. The number of Topliss-reactive ketones (excluding diaryl/α,β-unsaturated/α-hetero) is 1. The van der Waals surface area contributed by atoms with Crippen LogP contribution in [0.5, 0.6) is 0 Å². The number of aliphatic hydroxyl groups excluding tert-OH is 1. The van der Waals surface area contributed by atoms with Crippen LogP contribution in [0.1, 0.15) is 79.1 Å². The highest BCUT2D eigenvalue weighted by Gasteiger charge is 2.62. The first-order valence-electron chi connectivity index (χ1n) is 10.5. The van der Waals surface area contributed by atoms with E-state index >= 15 is 0 Å². The number of ketones is 1. The molecule has 136 valence electrons. The SMILES string of the molecule is CC(=O)[C@@H]1[C@H](C)C[C@@H]2[C@@H]3CC[C@H]4C[C@H](O)CC[C@]4(C)[C@H]3CC[C@@]21C. The van der Waals surface area contributed by atoms with Gasteiger partial charge in [0.05, 0.1) is 6.10 Å². The summed E-state index contributed by atoms with van der Waals surface area (Å²) in [5, 5.41) is 10.1. The molecule has 0 aromatic rings.